The zero-order valence-corrected chi connectivity index (χ0v) is 15.2. The van der Waals surface area contributed by atoms with Crippen LogP contribution in [0.4, 0.5) is 0 Å². The number of aliphatic imine (C=N–C) groups is 1. The Morgan fingerprint density at radius 1 is 1.28 bits per heavy atom. The number of ether oxygens (including phenoxy) is 2. The second-order valence-corrected chi connectivity index (χ2v) is 6.00. The molecule has 1 aliphatic rings. The lowest BCUT2D eigenvalue weighted by Gasteiger charge is -2.19. The first-order chi connectivity index (χ1) is 12.1. The Balaban J connectivity index is 1.81. The van der Waals surface area contributed by atoms with Crippen LogP contribution in [0.2, 0.25) is 0 Å². The lowest BCUT2D eigenvalue weighted by Crippen LogP contribution is -2.42. The highest BCUT2D eigenvalue weighted by atomic mass is 16.5. The fraction of sp³-hybridized carbons (Fsp3) is 0.556. The molecule has 1 aromatic carbocycles. The van der Waals surface area contributed by atoms with Gasteiger partial charge in [0, 0.05) is 12.6 Å². The fourth-order valence-corrected chi connectivity index (χ4v) is 2.21. The van der Waals surface area contributed by atoms with Crippen molar-refractivity contribution < 1.29 is 14.3 Å². The molecule has 1 atom stereocenters. The Morgan fingerprint density at radius 3 is 2.64 bits per heavy atom. The SMILES string of the molecule is CCNC(=NCC(=O)NC1CC1)NCC(C)Oc1ccccc1OC. The van der Waals surface area contributed by atoms with E-state index in [0.29, 0.717) is 30.0 Å². The number of rotatable bonds is 9. The molecule has 0 heterocycles. The molecular weight excluding hydrogens is 320 g/mol. The van der Waals surface area contributed by atoms with Gasteiger partial charge < -0.3 is 25.4 Å². The first kappa shape index (κ1) is 18.9. The molecule has 1 unspecified atom stereocenters. The van der Waals surface area contributed by atoms with Crippen molar-refractivity contribution in [2.45, 2.75) is 38.8 Å². The van der Waals surface area contributed by atoms with Crippen LogP contribution in [0, 0.1) is 0 Å². The number of methoxy groups -OCH3 is 1. The predicted molar refractivity (Wildman–Crippen MR) is 98.2 cm³/mol. The first-order valence-electron chi connectivity index (χ1n) is 8.73. The predicted octanol–water partition coefficient (Wildman–Crippen LogP) is 1.30. The van der Waals surface area contributed by atoms with E-state index in [0.717, 1.165) is 19.4 Å². The standard InChI is InChI=1S/C18H28N4O3/c1-4-19-18(21-12-17(23)22-14-9-10-14)20-11-13(2)25-16-8-6-5-7-15(16)24-3/h5-8,13-14H,4,9-12H2,1-3H3,(H,22,23)(H2,19,20,21). The molecule has 25 heavy (non-hydrogen) atoms. The molecular formula is C18H28N4O3. The number of hydrogen-bond donors (Lipinski definition) is 3. The third kappa shape index (κ3) is 6.91. The Kier molecular flexibility index (Phi) is 7.37. The molecule has 0 bridgehead atoms. The molecule has 2 rings (SSSR count). The molecule has 0 aromatic heterocycles. The second kappa shape index (κ2) is 9.76. The minimum Gasteiger partial charge on any atom is -0.493 e. The number of carbonyl (C=O) groups is 1. The molecule has 1 fully saturated rings. The van der Waals surface area contributed by atoms with Crippen LogP contribution in [0.3, 0.4) is 0 Å². The van der Waals surface area contributed by atoms with E-state index in [9.17, 15) is 4.79 Å². The monoisotopic (exact) mass is 348 g/mol. The fourth-order valence-electron chi connectivity index (χ4n) is 2.21. The molecule has 0 saturated heterocycles. The summed E-state index contributed by atoms with van der Waals surface area (Å²) in [6.45, 7) is 5.33. The number of carbonyl (C=O) groups excluding carboxylic acids is 1. The van der Waals surface area contributed by atoms with Gasteiger partial charge in [-0.3, -0.25) is 4.79 Å². The maximum absolute atomic E-state index is 11.7. The van der Waals surface area contributed by atoms with Crippen LogP contribution in [0.5, 0.6) is 11.5 Å². The maximum Gasteiger partial charge on any atom is 0.242 e. The molecule has 1 amide bonds. The van der Waals surface area contributed by atoms with E-state index in [2.05, 4.69) is 20.9 Å². The lowest BCUT2D eigenvalue weighted by atomic mass is 10.3. The molecule has 1 saturated carbocycles. The molecule has 3 N–H and O–H groups in total. The van der Waals surface area contributed by atoms with Crippen LogP contribution < -0.4 is 25.4 Å². The third-order valence-electron chi connectivity index (χ3n) is 3.62. The molecule has 0 aliphatic heterocycles. The summed E-state index contributed by atoms with van der Waals surface area (Å²) in [5.74, 6) is 1.96. The Labute approximate surface area is 149 Å². The number of nitrogens with zero attached hydrogens (tertiary/aromatic N) is 1. The Hall–Kier alpha value is -2.44. The summed E-state index contributed by atoms with van der Waals surface area (Å²) < 4.78 is 11.2. The van der Waals surface area contributed by atoms with Crippen LogP contribution >= 0.6 is 0 Å². The van der Waals surface area contributed by atoms with Gasteiger partial charge in [0.2, 0.25) is 5.91 Å². The van der Waals surface area contributed by atoms with Crippen molar-refractivity contribution >= 4 is 11.9 Å². The molecule has 1 aromatic rings. The minimum atomic E-state index is -0.0968. The molecule has 1 aliphatic carbocycles. The van der Waals surface area contributed by atoms with Gasteiger partial charge in [-0.1, -0.05) is 12.1 Å². The van der Waals surface area contributed by atoms with Gasteiger partial charge >= 0.3 is 0 Å². The summed E-state index contributed by atoms with van der Waals surface area (Å²) in [5.41, 5.74) is 0. The van der Waals surface area contributed by atoms with Crippen LogP contribution in [0.25, 0.3) is 0 Å². The maximum atomic E-state index is 11.7. The summed E-state index contributed by atoms with van der Waals surface area (Å²) in [5, 5.41) is 9.24. The number of nitrogens with one attached hydrogen (secondary N) is 3. The quantitative estimate of drug-likeness (QED) is 0.463. The van der Waals surface area contributed by atoms with Crippen molar-refractivity contribution in [3.63, 3.8) is 0 Å². The zero-order valence-electron chi connectivity index (χ0n) is 15.2. The topological polar surface area (TPSA) is 84.0 Å². The van der Waals surface area contributed by atoms with Gasteiger partial charge in [-0.2, -0.15) is 0 Å². The summed E-state index contributed by atoms with van der Waals surface area (Å²) in [7, 11) is 1.62. The van der Waals surface area contributed by atoms with Gasteiger partial charge in [-0.25, -0.2) is 4.99 Å². The van der Waals surface area contributed by atoms with Gasteiger partial charge in [-0.05, 0) is 38.8 Å². The highest BCUT2D eigenvalue weighted by Crippen LogP contribution is 2.26. The number of para-hydroxylation sites is 2. The number of guanidine groups is 1. The Bertz CT molecular complexity index is 587. The summed E-state index contributed by atoms with van der Waals surface area (Å²) in [6, 6.07) is 7.89. The minimum absolute atomic E-state index is 0.0435. The molecule has 7 nitrogen and oxygen atoms in total. The van der Waals surface area contributed by atoms with Crippen LogP contribution in [-0.2, 0) is 4.79 Å². The van der Waals surface area contributed by atoms with E-state index in [4.69, 9.17) is 9.47 Å². The molecule has 0 spiro atoms. The van der Waals surface area contributed by atoms with Crippen molar-refractivity contribution in [1.82, 2.24) is 16.0 Å². The number of hydrogen-bond acceptors (Lipinski definition) is 4. The average Bonchev–Trinajstić information content (AvgIpc) is 3.41. The lowest BCUT2D eigenvalue weighted by molar-refractivity contribution is -0.119. The normalized spacial score (nSPS) is 15.2. The van der Waals surface area contributed by atoms with Crippen molar-refractivity contribution in [3.8, 4) is 11.5 Å². The molecule has 7 heteroatoms. The van der Waals surface area contributed by atoms with E-state index in [-0.39, 0.29) is 18.6 Å². The van der Waals surface area contributed by atoms with E-state index in [1.807, 2.05) is 38.1 Å². The number of benzene rings is 1. The van der Waals surface area contributed by atoms with Gasteiger partial charge in [0.05, 0.1) is 13.7 Å². The highest BCUT2D eigenvalue weighted by Gasteiger charge is 2.22. The molecule has 0 radical (unpaired) electrons. The van der Waals surface area contributed by atoms with Crippen molar-refractivity contribution in [2.24, 2.45) is 4.99 Å². The zero-order chi connectivity index (χ0) is 18.1. The Morgan fingerprint density at radius 2 is 2.00 bits per heavy atom. The van der Waals surface area contributed by atoms with E-state index in [1.54, 1.807) is 7.11 Å². The average molecular weight is 348 g/mol. The third-order valence-corrected chi connectivity index (χ3v) is 3.62. The van der Waals surface area contributed by atoms with E-state index in [1.165, 1.54) is 0 Å². The van der Waals surface area contributed by atoms with Crippen molar-refractivity contribution in [1.29, 1.82) is 0 Å². The molecule has 138 valence electrons. The van der Waals surface area contributed by atoms with Gasteiger partial charge in [0.15, 0.2) is 17.5 Å². The smallest absolute Gasteiger partial charge is 0.242 e. The van der Waals surface area contributed by atoms with E-state index < -0.39 is 0 Å². The van der Waals surface area contributed by atoms with Crippen LogP contribution in [-0.4, -0.2) is 50.8 Å². The van der Waals surface area contributed by atoms with Crippen molar-refractivity contribution in [3.05, 3.63) is 24.3 Å². The summed E-state index contributed by atoms with van der Waals surface area (Å²) in [4.78, 5) is 16.0. The highest BCUT2D eigenvalue weighted by molar-refractivity contribution is 5.85. The van der Waals surface area contributed by atoms with E-state index >= 15 is 0 Å². The van der Waals surface area contributed by atoms with Gasteiger partial charge in [0.1, 0.15) is 12.6 Å². The van der Waals surface area contributed by atoms with Crippen molar-refractivity contribution in [2.75, 3.05) is 26.7 Å². The second-order valence-electron chi connectivity index (χ2n) is 6.00. The summed E-state index contributed by atoms with van der Waals surface area (Å²) >= 11 is 0. The van der Waals surface area contributed by atoms with Crippen LogP contribution in [0.15, 0.2) is 29.3 Å². The van der Waals surface area contributed by atoms with Crippen LogP contribution in [0.1, 0.15) is 26.7 Å². The summed E-state index contributed by atoms with van der Waals surface area (Å²) in [6.07, 6.45) is 2.05. The van der Waals surface area contributed by atoms with Gasteiger partial charge in [0.25, 0.3) is 0 Å². The number of amides is 1. The first-order valence-corrected chi connectivity index (χ1v) is 8.73. The van der Waals surface area contributed by atoms with Gasteiger partial charge in [-0.15, -0.1) is 0 Å². The largest absolute Gasteiger partial charge is 0.493 e.